The van der Waals surface area contributed by atoms with Crippen LogP contribution in [-0.4, -0.2) is 23.3 Å². The van der Waals surface area contributed by atoms with E-state index in [1.807, 2.05) is 0 Å². The first-order valence-corrected chi connectivity index (χ1v) is 6.10. The van der Waals surface area contributed by atoms with E-state index in [4.69, 9.17) is 19.6 Å². The van der Waals surface area contributed by atoms with Crippen LogP contribution < -0.4 is 5.11 Å². The summed E-state index contributed by atoms with van der Waals surface area (Å²) in [6.45, 7) is 6.50. The summed E-state index contributed by atoms with van der Waals surface area (Å²) in [4.78, 5) is 30.0. The van der Waals surface area contributed by atoms with Gasteiger partial charge in [0.15, 0.2) is 12.2 Å². The Labute approximate surface area is 107 Å². The van der Waals surface area contributed by atoms with Gasteiger partial charge in [0, 0.05) is 0 Å². The molecule has 0 unspecified atom stereocenters. The monoisotopic (exact) mass is 259 g/mol. The Morgan fingerprint density at radius 3 is 2.28 bits per heavy atom. The highest BCUT2D eigenvalue weighted by Gasteiger charge is 2.25. The van der Waals surface area contributed by atoms with E-state index in [-0.39, 0.29) is 17.3 Å². The second kappa shape index (κ2) is 9.44. The lowest BCUT2D eigenvalue weighted by Gasteiger charge is -2.15. The fourth-order valence-corrected chi connectivity index (χ4v) is 1.49. The van der Waals surface area contributed by atoms with Crippen LogP contribution in [0.25, 0.3) is 0 Å². The predicted octanol–water partition coefficient (Wildman–Crippen LogP) is 1.29. The molecule has 0 aromatic rings. The summed E-state index contributed by atoms with van der Waals surface area (Å²) < 4.78 is 0. The summed E-state index contributed by atoms with van der Waals surface area (Å²) in [5.41, 5.74) is 0. The molecule has 18 heavy (non-hydrogen) atoms. The highest BCUT2D eigenvalue weighted by molar-refractivity contribution is 5.76. The Hall–Kier alpha value is -1.59. The minimum absolute atomic E-state index is 0.0602. The van der Waals surface area contributed by atoms with Gasteiger partial charge in [-0.15, -0.1) is 0 Å². The average Bonchev–Trinajstić information content (AvgIpc) is 2.29. The molecule has 0 bridgehead atoms. The highest BCUT2D eigenvalue weighted by Crippen LogP contribution is 2.20. The molecule has 0 heterocycles. The van der Waals surface area contributed by atoms with Crippen LogP contribution in [0.4, 0.5) is 0 Å². The van der Waals surface area contributed by atoms with E-state index in [1.54, 1.807) is 13.8 Å². The van der Waals surface area contributed by atoms with Crippen molar-refractivity contribution in [3.63, 3.8) is 0 Å². The Balaban J connectivity index is 0.000000494. The van der Waals surface area contributed by atoms with E-state index in [9.17, 15) is 4.91 Å². The maximum Gasteiger partial charge on any atom is 0.478 e. The molecule has 1 fully saturated rings. The number of hydrogen-bond donors (Lipinski definition) is 0. The van der Waals surface area contributed by atoms with Gasteiger partial charge in [-0.1, -0.05) is 13.0 Å². The molecule has 0 amide bonds. The molecule has 1 aliphatic rings. The lowest BCUT2D eigenvalue weighted by atomic mass is 9.98. The van der Waals surface area contributed by atoms with Crippen molar-refractivity contribution in [2.45, 2.75) is 58.2 Å². The van der Waals surface area contributed by atoms with Gasteiger partial charge in [-0.2, -0.15) is 9.68 Å². The molecule has 1 saturated carbocycles. The molecule has 0 N–H and O–H groups in total. The van der Waals surface area contributed by atoms with Crippen LogP contribution in [0.1, 0.15) is 46.0 Å². The first-order chi connectivity index (χ1) is 8.45. The number of carboxylic acid groups (broad SMARTS) is 1. The van der Waals surface area contributed by atoms with Crippen molar-refractivity contribution in [3.05, 3.63) is 17.6 Å². The molecule has 0 spiro atoms. The zero-order valence-corrected chi connectivity index (χ0v) is 11.0. The molecule has 6 heteroatoms. The molecule has 0 saturated heterocycles. The molecular formula is C12H21NO5. The fourth-order valence-electron chi connectivity index (χ4n) is 1.49. The summed E-state index contributed by atoms with van der Waals surface area (Å²) in [7, 11) is 0. The summed E-state index contributed by atoms with van der Waals surface area (Å²) in [5.74, 6) is -1.23. The van der Waals surface area contributed by atoms with Crippen molar-refractivity contribution in [1.82, 2.24) is 0 Å². The number of carbonyl (C=O) groups is 1. The van der Waals surface area contributed by atoms with Crippen LogP contribution in [0.2, 0.25) is 0 Å². The minimum atomic E-state index is -1.23. The summed E-state index contributed by atoms with van der Waals surface area (Å²) >= 11 is 0. The van der Waals surface area contributed by atoms with E-state index in [1.165, 1.54) is 6.42 Å². The first-order valence-electron chi connectivity index (χ1n) is 6.10. The smallest absolute Gasteiger partial charge is 0.478 e. The van der Waals surface area contributed by atoms with Crippen LogP contribution in [0.3, 0.4) is 0 Å². The molecule has 0 aromatic carbocycles. The van der Waals surface area contributed by atoms with Crippen molar-refractivity contribution < 1.29 is 24.7 Å². The van der Waals surface area contributed by atoms with Crippen molar-refractivity contribution in [3.8, 4) is 0 Å². The van der Waals surface area contributed by atoms with Gasteiger partial charge in [-0.3, -0.25) is 0 Å². The van der Waals surface area contributed by atoms with Crippen molar-refractivity contribution in [1.29, 1.82) is 0 Å². The van der Waals surface area contributed by atoms with Gasteiger partial charge in [-0.25, -0.2) is 0 Å². The lowest BCUT2D eigenvalue weighted by molar-refractivity contribution is -0.992. The number of rotatable bonds is 5. The zero-order valence-electron chi connectivity index (χ0n) is 11.0. The van der Waals surface area contributed by atoms with Gasteiger partial charge in [0.2, 0.25) is 0 Å². The topological polar surface area (TPSA) is 78.7 Å². The molecule has 0 radical (unpaired) electrons. The quantitative estimate of drug-likeness (QED) is 0.549. The second-order valence-corrected chi connectivity index (χ2v) is 4.27. The van der Waals surface area contributed by atoms with E-state index >= 15 is 0 Å². The van der Waals surface area contributed by atoms with E-state index in [2.05, 4.69) is 6.58 Å². The van der Waals surface area contributed by atoms with Gasteiger partial charge in [-0.05, 0) is 45.6 Å². The normalized spacial score (nSPS) is 15.3. The molecule has 0 aromatic heterocycles. The summed E-state index contributed by atoms with van der Waals surface area (Å²) in [6.07, 6.45) is 6.16. The highest BCUT2D eigenvalue weighted by atomic mass is 17.0. The zero-order chi connectivity index (χ0) is 14.0. The van der Waals surface area contributed by atoms with Crippen LogP contribution in [0, 0.1) is 4.91 Å². The SMILES string of the molecule is C=CC(=O)[O-].CC(C)O[N+](=O)OC1CCCCC1. The van der Waals surface area contributed by atoms with Gasteiger partial charge >= 0.3 is 5.09 Å². The third-order valence-corrected chi connectivity index (χ3v) is 2.25. The minimum Gasteiger partial charge on any atom is -0.545 e. The largest absolute Gasteiger partial charge is 0.545 e. The maximum absolute atomic E-state index is 11.0. The van der Waals surface area contributed by atoms with Crippen LogP contribution in [0.15, 0.2) is 12.7 Å². The van der Waals surface area contributed by atoms with Gasteiger partial charge in [0.05, 0.1) is 5.97 Å². The Morgan fingerprint density at radius 1 is 1.39 bits per heavy atom. The number of carbonyl (C=O) groups excluding carboxylic acids is 1. The van der Waals surface area contributed by atoms with Gasteiger partial charge in [0.1, 0.15) is 4.91 Å². The Bertz CT molecular complexity index is 272. The number of hydrogen-bond acceptors (Lipinski definition) is 5. The molecule has 0 aliphatic heterocycles. The molecule has 6 nitrogen and oxygen atoms in total. The van der Waals surface area contributed by atoms with E-state index < -0.39 is 5.97 Å². The Morgan fingerprint density at radius 2 is 1.89 bits per heavy atom. The molecule has 104 valence electrons. The van der Waals surface area contributed by atoms with Crippen LogP contribution >= 0.6 is 0 Å². The van der Waals surface area contributed by atoms with Crippen molar-refractivity contribution in [2.24, 2.45) is 0 Å². The standard InChI is InChI=1S/C9H18NO3.C3H4O2/c1-8(2)12-10(11)13-9-6-4-3-5-7-9;1-2-3(4)5/h8-9H,3-7H2,1-2H3;2H,1H2,(H,4,5)/q+1;/p-1. The number of nitrogens with zero attached hydrogens (tertiary/aromatic N) is 1. The van der Waals surface area contributed by atoms with Gasteiger partial charge in [0.25, 0.3) is 0 Å². The molecule has 0 atom stereocenters. The van der Waals surface area contributed by atoms with Crippen LogP contribution in [-0.2, 0) is 14.5 Å². The third kappa shape index (κ3) is 9.62. The summed E-state index contributed by atoms with van der Waals surface area (Å²) in [5, 5.41) is 9.40. The van der Waals surface area contributed by atoms with Crippen LogP contribution in [0.5, 0.6) is 0 Å². The predicted molar refractivity (Wildman–Crippen MR) is 63.0 cm³/mol. The molecule has 1 rings (SSSR count). The molecular weight excluding hydrogens is 238 g/mol. The Kier molecular flexibility index (Phi) is 8.61. The number of aliphatic carboxylic acids is 1. The first kappa shape index (κ1) is 16.4. The number of carboxylic acids is 1. The molecule has 1 aliphatic carbocycles. The van der Waals surface area contributed by atoms with Crippen molar-refractivity contribution in [2.75, 3.05) is 0 Å². The second-order valence-electron chi connectivity index (χ2n) is 4.27. The summed E-state index contributed by atoms with van der Waals surface area (Å²) in [6, 6.07) is 0. The van der Waals surface area contributed by atoms with Gasteiger partial charge < -0.3 is 9.90 Å². The lowest BCUT2D eigenvalue weighted by Crippen LogP contribution is -2.24. The van der Waals surface area contributed by atoms with Crippen molar-refractivity contribution >= 4 is 5.97 Å². The third-order valence-electron chi connectivity index (χ3n) is 2.25. The fraction of sp³-hybridized carbons (Fsp3) is 0.750. The average molecular weight is 259 g/mol. The van der Waals surface area contributed by atoms with E-state index in [0.29, 0.717) is 0 Å². The van der Waals surface area contributed by atoms with E-state index in [0.717, 1.165) is 31.8 Å². The maximum atomic E-state index is 11.0.